The number of nitrogens with zero attached hydrogens (tertiary/aromatic N) is 1. The van der Waals surface area contributed by atoms with Crippen LogP contribution in [-0.4, -0.2) is 25.6 Å². The molecule has 0 bridgehead atoms. The fourth-order valence-electron chi connectivity index (χ4n) is 1.47. The number of aromatic nitrogens is 1. The number of anilines is 1. The predicted molar refractivity (Wildman–Crippen MR) is 78.4 cm³/mol. The third-order valence-corrected chi connectivity index (χ3v) is 3.36. The number of sulfonamides is 1. The smallest absolute Gasteiger partial charge is 0.339 e. The molecule has 1 aromatic carbocycles. The van der Waals surface area contributed by atoms with Gasteiger partial charge in [-0.2, -0.15) is 5.10 Å². The van der Waals surface area contributed by atoms with E-state index in [9.17, 15) is 13.2 Å². The second-order valence-electron chi connectivity index (χ2n) is 4.02. The molecule has 9 heteroatoms. The van der Waals surface area contributed by atoms with Gasteiger partial charge in [-0.25, -0.2) is 23.8 Å². The highest BCUT2D eigenvalue weighted by molar-refractivity contribution is 7.89. The van der Waals surface area contributed by atoms with E-state index in [0.717, 1.165) is 5.69 Å². The predicted octanol–water partition coefficient (Wildman–Crippen LogP) is 0.818. The van der Waals surface area contributed by atoms with Crippen LogP contribution in [0.25, 0.3) is 0 Å². The number of hydrogen-bond acceptors (Lipinski definition) is 4. The number of carbonyl (C=O) groups excluding carboxylic acids is 1. The summed E-state index contributed by atoms with van der Waals surface area (Å²) >= 11 is 0. The molecule has 8 nitrogen and oxygen atoms in total. The number of nitrogens with one attached hydrogen (secondary N) is 3. The van der Waals surface area contributed by atoms with Gasteiger partial charge in [-0.05, 0) is 36.4 Å². The summed E-state index contributed by atoms with van der Waals surface area (Å²) in [6.07, 6.45) is 3.18. The number of primary sulfonamides is 1. The number of aromatic amines is 1. The molecule has 0 spiro atoms. The van der Waals surface area contributed by atoms with Crippen molar-refractivity contribution >= 4 is 28.0 Å². The van der Waals surface area contributed by atoms with Crippen molar-refractivity contribution in [1.82, 2.24) is 10.4 Å². The number of amides is 2. The van der Waals surface area contributed by atoms with E-state index in [1.165, 1.54) is 30.5 Å². The van der Waals surface area contributed by atoms with Crippen LogP contribution >= 0.6 is 0 Å². The van der Waals surface area contributed by atoms with Gasteiger partial charge in [-0.15, -0.1) is 0 Å². The third kappa shape index (κ3) is 4.44. The van der Waals surface area contributed by atoms with Gasteiger partial charge in [0.2, 0.25) is 10.0 Å². The van der Waals surface area contributed by atoms with Crippen LogP contribution in [0.4, 0.5) is 10.5 Å². The van der Waals surface area contributed by atoms with E-state index in [-0.39, 0.29) is 4.90 Å². The molecule has 1 heterocycles. The van der Waals surface area contributed by atoms with Crippen molar-refractivity contribution in [2.75, 3.05) is 5.32 Å². The number of urea groups is 1. The molecule has 2 amide bonds. The first kappa shape index (κ1) is 14.8. The third-order valence-electron chi connectivity index (χ3n) is 2.43. The van der Waals surface area contributed by atoms with Gasteiger partial charge >= 0.3 is 6.03 Å². The van der Waals surface area contributed by atoms with Crippen molar-refractivity contribution in [2.45, 2.75) is 4.90 Å². The molecule has 0 aliphatic rings. The van der Waals surface area contributed by atoms with Crippen LogP contribution in [0.3, 0.4) is 0 Å². The number of hydrogen-bond donors (Lipinski definition) is 4. The van der Waals surface area contributed by atoms with Gasteiger partial charge in [0.1, 0.15) is 0 Å². The summed E-state index contributed by atoms with van der Waals surface area (Å²) < 4.78 is 22.2. The van der Waals surface area contributed by atoms with Gasteiger partial charge in [-0.3, -0.25) is 0 Å². The van der Waals surface area contributed by atoms with E-state index in [0.29, 0.717) is 5.69 Å². The highest BCUT2D eigenvalue weighted by Crippen LogP contribution is 2.12. The Hall–Kier alpha value is -2.65. The first-order chi connectivity index (χ1) is 9.95. The zero-order valence-corrected chi connectivity index (χ0v) is 11.6. The summed E-state index contributed by atoms with van der Waals surface area (Å²) in [6.45, 7) is 0. The number of rotatable bonds is 4. The molecule has 0 radical (unpaired) electrons. The molecule has 2 rings (SSSR count). The highest BCUT2D eigenvalue weighted by atomic mass is 32.2. The minimum atomic E-state index is -3.74. The number of carbonyl (C=O) groups is 1. The van der Waals surface area contributed by atoms with E-state index in [1.54, 1.807) is 18.3 Å². The SMILES string of the molecule is NS(=O)(=O)c1ccc(NC(=O)N/N=C/c2ccc[nH]2)cc1. The minimum absolute atomic E-state index is 0.0294. The largest absolute Gasteiger partial charge is 0.360 e. The molecule has 1 aromatic heterocycles. The normalized spacial score (nSPS) is 11.5. The van der Waals surface area contributed by atoms with E-state index in [1.807, 2.05) is 0 Å². The molecule has 0 unspecified atom stereocenters. The molecule has 0 fully saturated rings. The molecule has 110 valence electrons. The summed E-state index contributed by atoms with van der Waals surface area (Å²) in [7, 11) is -3.74. The van der Waals surface area contributed by atoms with Crippen LogP contribution in [0, 0.1) is 0 Å². The second kappa shape index (κ2) is 6.20. The van der Waals surface area contributed by atoms with Crippen molar-refractivity contribution in [3.63, 3.8) is 0 Å². The lowest BCUT2D eigenvalue weighted by atomic mass is 10.3. The van der Waals surface area contributed by atoms with Crippen molar-refractivity contribution in [3.05, 3.63) is 48.3 Å². The van der Waals surface area contributed by atoms with E-state index in [4.69, 9.17) is 5.14 Å². The Kier molecular flexibility index (Phi) is 4.36. The maximum atomic E-state index is 11.5. The van der Waals surface area contributed by atoms with Gasteiger partial charge in [0, 0.05) is 11.9 Å². The van der Waals surface area contributed by atoms with Crippen molar-refractivity contribution in [3.8, 4) is 0 Å². The number of H-pyrrole nitrogens is 1. The molecule has 0 saturated carbocycles. The zero-order chi connectivity index (χ0) is 15.3. The van der Waals surface area contributed by atoms with Crippen molar-refractivity contribution < 1.29 is 13.2 Å². The summed E-state index contributed by atoms with van der Waals surface area (Å²) in [6, 6.07) is 8.48. The van der Waals surface area contributed by atoms with Crippen LogP contribution in [0.2, 0.25) is 0 Å². The fourth-order valence-corrected chi connectivity index (χ4v) is 1.99. The quantitative estimate of drug-likeness (QED) is 0.492. The Morgan fingerprint density at radius 2 is 1.95 bits per heavy atom. The maximum absolute atomic E-state index is 11.5. The van der Waals surface area contributed by atoms with Gasteiger partial charge < -0.3 is 10.3 Å². The first-order valence-corrected chi connectivity index (χ1v) is 7.36. The lowest BCUT2D eigenvalue weighted by Crippen LogP contribution is -2.24. The number of nitrogens with two attached hydrogens (primary N) is 1. The molecule has 0 aliphatic carbocycles. The van der Waals surface area contributed by atoms with E-state index in [2.05, 4.69) is 20.8 Å². The summed E-state index contributed by atoms with van der Waals surface area (Å²) in [5, 5.41) is 11.2. The highest BCUT2D eigenvalue weighted by Gasteiger charge is 2.07. The monoisotopic (exact) mass is 307 g/mol. The standard InChI is InChI=1S/C12H13N5O3S/c13-21(19,20)11-5-3-9(4-6-11)16-12(18)17-15-8-10-2-1-7-14-10/h1-8,14H,(H2,13,19,20)(H2,16,17,18)/b15-8+. The maximum Gasteiger partial charge on any atom is 0.339 e. The molecular weight excluding hydrogens is 294 g/mol. The molecule has 0 aliphatic heterocycles. The second-order valence-corrected chi connectivity index (χ2v) is 5.58. The molecular formula is C12H13N5O3S. The van der Waals surface area contributed by atoms with Crippen molar-refractivity contribution in [2.24, 2.45) is 10.2 Å². The Morgan fingerprint density at radius 3 is 2.52 bits per heavy atom. The summed E-state index contributed by atoms with van der Waals surface area (Å²) in [5.41, 5.74) is 3.43. The Balaban J connectivity index is 1.91. The minimum Gasteiger partial charge on any atom is -0.360 e. The topological polar surface area (TPSA) is 129 Å². The fraction of sp³-hybridized carbons (Fsp3) is 0. The Bertz CT molecular complexity index is 736. The van der Waals surface area contributed by atoms with Gasteiger partial charge in [0.15, 0.2) is 0 Å². The van der Waals surface area contributed by atoms with Gasteiger partial charge in [0.05, 0.1) is 16.8 Å². The van der Waals surface area contributed by atoms with Gasteiger partial charge in [-0.1, -0.05) is 0 Å². The molecule has 2 aromatic rings. The average molecular weight is 307 g/mol. The average Bonchev–Trinajstić information content (AvgIpc) is 2.91. The molecule has 5 N–H and O–H groups in total. The lowest BCUT2D eigenvalue weighted by Gasteiger charge is -2.04. The lowest BCUT2D eigenvalue weighted by molar-refractivity contribution is 0.252. The van der Waals surface area contributed by atoms with Gasteiger partial charge in [0.25, 0.3) is 0 Å². The van der Waals surface area contributed by atoms with Crippen molar-refractivity contribution in [1.29, 1.82) is 0 Å². The molecule has 0 saturated heterocycles. The Labute approximate surface area is 121 Å². The van der Waals surface area contributed by atoms with Crippen LogP contribution in [0.15, 0.2) is 52.6 Å². The Morgan fingerprint density at radius 1 is 1.24 bits per heavy atom. The van der Waals surface area contributed by atoms with Crippen LogP contribution < -0.4 is 15.9 Å². The molecule has 0 atom stereocenters. The summed E-state index contributed by atoms with van der Waals surface area (Å²) in [4.78, 5) is 14.4. The number of benzene rings is 1. The van der Waals surface area contributed by atoms with Crippen LogP contribution in [0.5, 0.6) is 0 Å². The molecule has 21 heavy (non-hydrogen) atoms. The first-order valence-electron chi connectivity index (χ1n) is 5.81. The van der Waals surface area contributed by atoms with E-state index >= 15 is 0 Å². The summed E-state index contributed by atoms with van der Waals surface area (Å²) in [5.74, 6) is 0. The van der Waals surface area contributed by atoms with E-state index < -0.39 is 16.1 Å². The van der Waals surface area contributed by atoms with Crippen LogP contribution in [-0.2, 0) is 10.0 Å². The zero-order valence-electron chi connectivity index (χ0n) is 10.8. The van der Waals surface area contributed by atoms with Crippen LogP contribution in [0.1, 0.15) is 5.69 Å². The number of hydrazone groups is 1.